The molecule has 5 nitrogen and oxygen atoms in total. The van der Waals surface area contributed by atoms with Gasteiger partial charge in [0.2, 0.25) is 0 Å². The molecule has 0 aromatic carbocycles. The Morgan fingerprint density at radius 2 is 1.83 bits per heavy atom. The van der Waals surface area contributed by atoms with Crippen molar-refractivity contribution in [3.8, 4) is 0 Å². The molecule has 6 heteroatoms. The zero-order chi connectivity index (χ0) is 18.1. The molecule has 1 heterocycles. The highest BCUT2D eigenvalue weighted by Gasteiger charge is 2.12. The zero-order valence-electron chi connectivity index (χ0n) is 16.4. The van der Waals surface area contributed by atoms with Gasteiger partial charge < -0.3 is 10.6 Å². The second kappa shape index (κ2) is 10.7. The van der Waals surface area contributed by atoms with Gasteiger partial charge >= 0.3 is 0 Å². The molecule has 0 atom stereocenters. The van der Waals surface area contributed by atoms with Crippen molar-refractivity contribution in [2.45, 2.75) is 73.5 Å². The average Bonchev–Trinajstić information content (AvgIpc) is 2.82. The van der Waals surface area contributed by atoms with Crippen LogP contribution in [0.5, 0.6) is 0 Å². The summed E-state index contributed by atoms with van der Waals surface area (Å²) in [5.74, 6) is 0.878. The van der Waals surface area contributed by atoms with Crippen LogP contribution in [0.3, 0.4) is 0 Å². The van der Waals surface area contributed by atoms with E-state index in [1.165, 1.54) is 4.88 Å². The Balaban J connectivity index is 2.46. The predicted octanol–water partition coefficient (Wildman–Crippen LogP) is 3.32. The van der Waals surface area contributed by atoms with Crippen LogP contribution >= 0.6 is 11.3 Å². The van der Waals surface area contributed by atoms with Gasteiger partial charge in [-0.05, 0) is 54.9 Å². The van der Waals surface area contributed by atoms with Crippen LogP contribution in [0.15, 0.2) is 4.99 Å². The molecule has 0 unspecified atom stereocenters. The Morgan fingerprint density at radius 1 is 1.17 bits per heavy atom. The van der Waals surface area contributed by atoms with E-state index in [0.717, 1.165) is 42.7 Å². The lowest BCUT2D eigenvalue weighted by Gasteiger charge is -2.30. The van der Waals surface area contributed by atoms with E-state index in [-0.39, 0.29) is 0 Å². The van der Waals surface area contributed by atoms with E-state index in [1.54, 1.807) is 11.3 Å². The van der Waals surface area contributed by atoms with Gasteiger partial charge in [-0.1, -0.05) is 0 Å². The summed E-state index contributed by atoms with van der Waals surface area (Å²) < 4.78 is 0. The number of hydrogen-bond donors (Lipinski definition) is 2. The van der Waals surface area contributed by atoms with Crippen LogP contribution in [0, 0.1) is 13.8 Å². The van der Waals surface area contributed by atoms with Crippen LogP contribution in [0.1, 0.15) is 56.6 Å². The Labute approximate surface area is 152 Å². The fourth-order valence-corrected chi connectivity index (χ4v) is 3.53. The van der Waals surface area contributed by atoms with Crippen LogP contribution in [-0.4, -0.2) is 47.6 Å². The fourth-order valence-electron chi connectivity index (χ4n) is 2.68. The Hall–Kier alpha value is -1.14. The van der Waals surface area contributed by atoms with Crippen LogP contribution in [-0.2, 0) is 6.54 Å². The molecule has 0 aliphatic carbocycles. The standard InChI is InChI=1S/C18H35N5S/c1-8-19-18(21-12-17-22-15(6)16(7)24-17)20-10-9-11-23(13(2)3)14(4)5/h13-14H,8-12H2,1-7H3,(H2,19,20,21). The van der Waals surface area contributed by atoms with Crippen molar-refractivity contribution in [3.05, 3.63) is 15.6 Å². The molecule has 1 aromatic rings. The van der Waals surface area contributed by atoms with Crippen molar-refractivity contribution in [3.63, 3.8) is 0 Å². The average molecular weight is 354 g/mol. The van der Waals surface area contributed by atoms with E-state index in [1.807, 2.05) is 0 Å². The molecule has 0 spiro atoms. The number of thiazole rings is 1. The number of guanidine groups is 1. The van der Waals surface area contributed by atoms with Crippen LogP contribution in [0.4, 0.5) is 0 Å². The van der Waals surface area contributed by atoms with Crippen LogP contribution in [0.25, 0.3) is 0 Å². The minimum atomic E-state index is 0.586. The summed E-state index contributed by atoms with van der Waals surface area (Å²) in [7, 11) is 0. The Bertz CT molecular complexity index is 480. The van der Waals surface area contributed by atoms with E-state index >= 15 is 0 Å². The van der Waals surface area contributed by atoms with E-state index in [2.05, 4.69) is 74.0 Å². The normalized spacial score (nSPS) is 12.5. The molecule has 0 amide bonds. The van der Waals surface area contributed by atoms with Crippen molar-refractivity contribution >= 4 is 17.3 Å². The Kier molecular flexibility index (Phi) is 9.29. The maximum Gasteiger partial charge on any atom is 0.191 e. The third-order valence-electron chi connectivity index (χ3n) is 4.00. The highest BCUT2D eigenvalue weighted by atomic mass is 32.1. The van der Waals surface area contributed by atoms with Gasteiger partial charge in [-0.3, -0.25) is 4.90 Å². The molecule has 1 rings (SSSR count). The molecule has 0 bridgehead atoms. The van der Waals surface area contributed by atoms with Crippen LogP contribution < -0.4 is 10.6 Å². The second-order valence-electron chi connectivity index (χ2n) is 6.65. The lowest BCUT2D eigenvalue weighted by Crippen LogP contribution is -2.41. The lowest BCUT2D eigenvalue weighted by atomic mass is 10.2. The molecule has 0 saturated heterocycles. The Morgan fingerprint density at radius 3 is 2.33 bits per heavy atom. The number of aliphatic imine (C=N–C) groups is 1. The maximum absolute atomic E-state index is 4.65. The molecule has 0 fully saturated rings. The number of aromatic nitrogens is 1. The molecular formula is C18H35N5S. The van der Waals surface area contributed by atoms with E-state index < -0.39 is 0 Å². The minimum absolute atomic E-state index is 0.586. The van der Waals surface area contributed by atoms with E-state index in [4.69, 9.17) is 0 Å². The van der Waals surface area contributed by atoms with Gasteiger partial charge in [-0.2, -0.15) is 0 Å². The number of nitrogens with zero attached hydrogens (tertiary/aromatic N) is 3. The first-order chi connectivity index (χ1) is 11.3. The number of nitrogens with one attached hydrogen (secondary N) is 2. The lowest BCUT2D eigenvalue weighted by molar-refractivity contribution is 0.173. The molecule has 0 aliphatic heterocycles. The second-order valence-corrected chi connectivity index (χ2v) is 7.94. The van der Waals surface area contributed by atoms with Gasteiger partial charge in [0.15, 0.2) is 5.96 Å². The summed E-state index contributed by atoms with van der Waals surface area (Å²) in [5.41, 5.74) is 1.12. The first kappa shape index (κ1) is 20.9. The SMILES string of the molecule is CCNC(=NCc1nc(C)c(C)s1)NCCCN(C(C)C)C(C)C. The molecule has 24 heavy (non-hydrogen) atoms. The topological polar surface area (TPSA) is 52.6 Å². The van der Waals surface area contributed by atoms with Crippen molar-refractivity contribution in [1.82, 2.24) is 20.5 Å². The monoisotopic (exact) mass is 353 g/mol. The van der Waals surface area contributed by atoms with Gasteiger partial charge in [-0.25, -0.2) is 9.98 Å². The molecule has 0 aliphatic rings. The van der Waals surface area contributed by atoms with Gasteiger partial charge in [0.25, 0.3) is 0 Å². The quantitative estimate of drug-likeness (QED) is 0.406. The van der Waals surface area contributed by atoms with Crippen molar-refractivity contribution in [2.75, 3.05) is 19.6 Å². The van der Waals surface area contributed by atoms with Gasteiger partial charge in [0.05, 0.1) is 12.2 Å². The number of hydrogen-bond acceptors (Lipinski definition) is 4. The minimum Gasteiger partial charge on any atom is -0.357 e. The van der Waals surface area contributed by atoms with Crippen LogP contribution in [0.2, 0.25) is 0 Å². The fraction of sp³-hybridized carbons (Fsp3) is 0.778. The summed E-state index contributed by atoms with van der Waals surface area (Å²) >= 11 is 1.73. The first-order valence-electron chi connectivity index (χ1n) is 9.06. The van der Waals surface area contributed by atoms with Crippen molar-refractivity contribution < 1.29 is 0 Å². The highest BCUT2D eigenvalue weighted by Crippen LogP contribution is 2.16. The largest absolute Gasteiger partial charge is 0.357 e. The molecule has 0 saturated carbocycles. The molecule has 138 valence electrons. The molecular weight excluding hydrogens is 318 g/mol. The third-order valence-corrected chi connectivity index (χ3v) is 5.06. The summed E-state index contributed by atoms with van der Waals surface area (Å²) in [6, 6.07) is 1.17. The number of rotatable bonds is 9. The van der Waals surface area contributed by atoms with Gasteiger partial charge in [0.1, 0.15) is 5.01 Å². The van der Waals surface area contributed by atoms with Crippen molar-refractivity contribution in [2.24, 2.45) is 4.99 Å². The van der Waals surface area contributed by atoms with Crippen molar-refractivity contribution in [1.29, 1.82) is 0 Å². The van der Waals surface area contributed by atoms with Gasteiger partial charge in [-0.15, -0.1) is 11.3 Å². The summed E-state index contributed by atoms with van der Waals surface area (Å²) in [4.78, 5) is 13.0. The third kappa shape index (κ3) is 7.18. The van der Waals surface area contributed by atoms with Gasteiger partial charge in [0, 0.05) is 36.6 Å². The zero-order valence-corrected chi connectivity index (χ0v) is 17.3. The molecule has 2 N–H and O–H groups in total. The smallest absolute Gasteiger partial charge is 0.191 e. The van der Waals surface area contributed by atoms with E-state index in [0.29, 0.717) is 18.6 Å². The summed E-state index contributed by atoms with van der Waals surface area (Å²) in [5, 5.41) is 7.82. The van der Waals surface area contributed by atoms with E-state index in [9.17, 15) is 0 Å². The number of aryl methyl sites for hydroxylation is 2. The maximum atomic E-state index is 4.65. The predicted molar refractivity (Wildman–Crippen MR) is 106 cm³/mol. The molecule has 1 aromatic heterocycles. The highest BCUT2D eigenvalue weighted by molar-refractivity contribution is 7.11. The molecule has 0 radical (unpaired) electrons. The first-order valence-corrected chi connectivity index (χ1v) is 9.87. The summed E-state index contributed by atoms with van der Waals surface area (Å²) in [6.45, 7) is 18.8. The summed E-state index contributed by atoms with van der Waals surface area (Å²) in [6.07, 6.45) is 1.11.